The third kappa shape index (κ3) is 4.45. The number of aliphatic hydroxyl groups excluding tert-OH is 1. The van der Waals surface area contributed by atoms with Gasteiger partial charge in [0.25, 0.3) is 11.7 Å². The summed E-state index contributed by atoms with van der Waals surface area (Å²) in [5.41, 5.74) is 3.81. The molecule has 176 valence electrons. The number of aliphatic hydroxyl groups is 1. The molecular formula is C25H32N4O4. The number of benzene rings is 1. The molecule has 2 saturated heterocycles. The van der Waals surface area contributed by atoms with Crippen LogP contribution in [0.5, 0.6) is 0 Å². The molecule has 0 unspecified atom stereocenters. The number of carbonyl (C=O) groups excluding carboxylic acids is 2. The number of Topliss-reactive ketones (excluding diaryl/α,β-unsaturated/α-hetero) is 1. The summed E-state index contributed by atoms with van der Waals surface area (Å²) in [5.74, 6) is -1.05. The first kappa shape index (κ1) is 23.2. The lowest BCUT2D eigenvalue weighted by Gasteiger charge is -2.31. The van der Waals surface area contributed by atoms with Crippen LogP contribution < -0.4 is 0 Å². The SMILES string of the molecule is Cc1n[nH]c(C)c1/C(O)=C1\C(=O)C(=O)N(CCN2CCOCC2)[C@@H]1c1ccc(C(C)C)cc1. The molecule has 1 aromatic carbocycles. The van der Waals surface area contributed by atoms with Gasteiger partial charge in [-0.05, 0) is 30.9 Å². The first-order valence-corrected chi connectivity index (χ1v) is 11.5. The van der Waals surface area contributed by atoms with Crippen molar-refractivity contribution in [2.45, 2.75) is 39.7 Å². The maximum Gasteiger partial charge on any atom is 0.295 e. The van der Waals surface area contributed by atoms with Crippen molar-refractivity contribution < 1.29 is 19.4 Å². The Hall–Kier alpha value is -2.97. The Balaban J connectivity index is 1.76. The highest BCUT2D eigenvalue weighted by Crippen LogP contribution is 2.40. The molecule has 1 atom stereocenters. The fourth-order valence-electron chi connectivity index (χ4n) is 4.63. The average molecular weight is 453 g/mol. The van der Waals surface area contributed by atoms with E-state index in [1.165, 1.54) is 5.56 Å². The summed E-state index contributed by atoms with van der Waals surface area (Å²) in [5, 5.41) is 18.3. The molecule has 8 nitrogen and oxygen atoms in total. The van der Waals surface area contributed by atoms with Crippen LogP contribution in [-0.4, -0.2) is 76.2 Å². The fourth-order valence-corrected chi connectivity index (χ4v) is 4.63. The van der Waals surface area contributed by atoms with Crippen LogP contribution >= 0.6 is 0 Å². The van der Waals surface area contributed by atoms with Gasteiger partial charge >= 0.3 is 0 Å². The predicted molar refractivity (Wildman–Crippen MR) is 125 cm³/mol. The van der Waals surface area contributed by atoms with E-state index < -0.39 is 17.7 Å². The molecule has 2 aliphatic rings. The second-order valence-electron chi connectivity index (χ2n) is 9.08. The van der Waals surface area contributed by atoms with E-state index in [0.717, 1.165) is 18.7 Å². The summed E-state index contributed by atoms with van der Waals surface area (Å²) in [6.45, 7) is 11.7. The van der Waals surface area contributed by atoms with E-state index in [-0.39, 0.29) is 11.3 Å². The molecule has 1 aromatic heterocycles. The minimum Gasteiger partial charge on any atom is -0.507 e. The number of aromatic nitrogens is 2. The second-order valence-corrected chi connectivity index (χ2v) is 9.08. The zero-order valence-electron chi connectivity index (χ0n) is 19.7. The van der Waals surface area contributed by atoms with Crippen molar-refractivity contribution in [3.05, 3.63) is 57.9 Å². The molecule has 3 heterocycles. The number of likely N-dealkylation sites (tertiary alicyclic amines) is 1. The summed E-state index contributed by atoms with van der Waals surface area (Å²) >= 11 is 0. The van der Waals surface area contributed by atoms with Gasteiger partial charge in [-0.3, -0.25) is 19.6 Å². The lowest BCUT2D eigenvalue weighted by molar-refractivity contribution is -0.140. The van der Waals surface area contributed by atoms with Crippen LogP contribution in [0.25, 0.3) is 5.76 Å². The average Bonchev–Trinajstić information content (AvgIpc) is 3.28. The zero-order valence-corrected chi connectivity index (χ0v) is 19.7. The number of amides is 1. The Morgan fingerprint density at radius 3 is 2.39 bits per heavy atom. The third-order valence-corrected chi connectivity index (χ3v) is 6.58. The van der Waals surface area contributed by atoms with Gasteiger partial charge in [-0.2, -0.15) is 5.10 Å². The molecule has 2 aliphatic heterocycles. The minimum atomic E-state index is -0.660. The first-order valence-electron chi connectivity index (χ1n) is 11.5. The van der Waals surface area contributed by atoms with E-state index in [4.69, 9.17) is 4.74 Å². The first-order chi connectivity index (χ1) is 15.8. The van der Waals surface area contributed by atoms with Crippen LogP contribution in [0.4, 0.5) is 0 Å². The number of H-pyrrole nitrogens is 1. The van der Waals surface area contributed by atoms with Gasteiger partial charge in [0.15, 0.2) is 0 Å². The normalized spacial score (nSPS) is 21.4. The number of hydrogen-bond acceptors (Lipinski definition) is 6. The maximum absolute atomic E-state index is 13.2. The summed E-state index contributed by atoms with van der Waals surface area (Å²) in [6.07, 6.45) is 0. The van der Waals surface area contributed by atoms with Crippen LogP contribution in [0.15, 0.2) is 29.8 Å². The highest BCUT2D eigenvalue weighted by Gasteiger charge is 2.46. The predicted octanol–water partition coefficient (Wildman–Crippen LogP) is 2.90. The molecule has 0 radical (unpaired) electrons. The summed E-state index contributed by atoms with van der Waals surface area (Å²) in [7, 11) is 0. The number of nitrogens with zero attached hydrogens (tertiary/aromatic N) is 3. The third-order valence-electron chi connectivity index (χ3n) is 6.58. The Morgan fingerprint density at radius 1 is 1.15 bits per heavy atom. The highest BCUT2D eigenvalue weighted by atomic mass is 16.5. The fraction of sp³-hybridized carbons (Fsp3) is 0.480. The second kappa shape index (κ2) is 9.49. The monoisotopic (exact) mass is 452 g/mol. The van der Waals surface area contributed by atoms with Gasteiger partial charge in [0.1, 0.15) is 5.76 Å². The van der Waals surface area contributed by atoms with E-state index >= 15 is 0 Å². The largest absolute Gasteiger partial charge is 0.507 e. The van der Waals surface area contributed by atoms with Crippen molar-refractivity contribution in [3.8, 4) is 0 Å². The number of ketones is 1. The number of hydrogen-bond donors (Lipinski definition) is 2. The molecule has 0 aliphatic carbocycles. The van der Waals surface area contributed by atoms with Gasteiger partial charge in [0.05, 0.1) is 36.1 Å². The zero-order chi connectivity index (χ0) is 23.7. The highest BCUT2D eigenvalue weighted by molar-refractivity contribution is 6.46. The van der Waals surface area contributed by atoms with Gasteiger partial charge in [-0.25, -0.2) is 0 Å². The lowest BCUT2D eigenvalue weighted by Crippen LogP contribution is -2.42. The van der Waals surface area contributed by atoms with Crippen molar-refractivity contribution in [2.75, 3.05) is 39.4 Å². The van der Waals surface area contributed by atoms with Gasteiger partial charge in [0, 0.05) is 31.9 Å². The Labute approximate surface area is 194 Å². The van der Waals surface area contributed by atoms with E-state index in [2.05, 4.69) is 28.9 Å². The minimum absolute atomic E-state index is 0.117. The summed E-state index contributed by atoms with van der Waals surface area (Å²) in [4.78, 5) is 30.2. The number of aryl methyl sites for hydroxylation is 2. The molecule has 33 heavy (non-hydrogen) atoms. The number of ether oxygens (including phenoxy) is 1. The summed E-state index contributed by atoms with van der Waals surface area (Å²) in [6, 6.07) is 7.31. The molecule has 0 saturated carbocycles. The number of carbonyl (C=O) groups is 2. The molecule has 2 aromatic rings. The quantitative estimate of drug-likeness (QED) is 0.397. The van der Waals surface area contributed by atoms with Gasteiger partial charge < -0.3 is 14.7 Å². The lowest BCUT2D eigenvalue weighted by atomic mass is 9.93. The smallest absolute Gasteiger partial charge is 0.295 e. The molecular weight excluding hydrogens is 420 g/mol. The Bertz CT molecular complexity index is 1050. The molecule has 0 spiro atoms. The molecule has 0 bridgehead atoms. The number of aromatic amines is 1. The topological polar surface area (TPSA) is 98.8 Å². The molecule has 1 amide bonds. The van der Waals surface area contributed by atoms with Crippen LogP contribution in [-0.2, 0) is 14.3 Å². The van der Waals surface area contributed by atoms with Crippen molar-refractivity contribution in [1.29, 1.82) is 0 Å². The Morgan fingerprint density at radius 2 is 1.82 bits per heavy atom. The molecule has 2 N–H and O–H groups in total. The van der Waals surface area contributed by atoms with E-state index in [9.17, 15) is 14.7 Å². The molecule has 4 rings (SSSR count). The number of nitrogens with one attached hydrogen (secondary N) is 1. The van der Waals surface area contributed by atoms with Crippen molar-refractivity contribution in [3.63, 3.8) is 0 Å². The van der Waals surface area contributed by atoms with Crippen LogP contribution in [0.2, 0.25) is 0 Å². The van der Waals surface area contributed by atoms with Crippen LogP contribution in [0, 0.1) is 13.8 Å². The maximum atomic E-state index is 13.2. The number of morpholine rings is 1. The van der Waals surface area contributed by atoms with Crippen LogP contribution in [0.3, 0.4) is 0 Å². The van der Waals surface area contributed by atoms with Gasteiger partial charge in [-0.15, -0.1) is 0 Å². The van der Waals surface area contributed by atoms with Crippen molar-refractivity contribution >= 4 is 17.4 Å². The van der Waals surface area contributed by atoms with Crippen molar-refractivity contribution in [2.24, 2.45) is 0 Å². The molecule has 2 fully saturated rings. The van der Waals surface area contributed by atoms with Gasteiger partial charge in [-0.1, -0.05) is 38.1 Å². The number of rotatable bonds is 6. The van der Waals surface area contributed by atoms with Gasteiger partial charge in [0.2, 0.25) is 0 Å². The van der Waals surface area contributed by atoms with Crippen LogP contribution in [0.1, 0.15) is 53.9 Å². The Kier molecular flexibility index (Phi) is 6.67. The standard InChI is InChI=1S/C25H32N4O4/c1-15(2)18-5-7-19(8-6-18)22-21(23(30)20-16(3)26-27-17(20)4)24(31)25(32)29(22)10-9-28-11-13-33-14-12-28/h5-8,15,22,30H,9-14H2,1-4H3,(H,26,27)/b23-21+/t22-/m1/s1. The molecule has 8 heteroatoms. The van der Waals surface area contributed by atoms with E-state index in [1.54, 1.807) is 18.7 Å². The van der Waals surface area contributed by atoms with Crippen molar-refractivity contribution in [1.82, 2.24) is 20.0 Å². The van der Waals surface area contributed by atoms with E-state index in [1.807, 2.05) is 24.3 Å². The van der Waals surface area contributed by atoms with E-state index in [0.29, 0.717) is 49.2 Å². The summed E-state index contributed by atoms with van der Waals surface area (Å²) < 4.78 is 5.42.